The van der Waals surface area contributed by atoms with E-state index in [-0.39, 0.29) is 6.10 Å². The molecule has 0 bridgehead atoms. The van der Waals surface area contributed by atoms with Crippen LogP contribution in [0.5, 0.6) is 0 Å². The third-order valence-corrected chi connectivity index (χ3v) is 1.91. The molecule has 0 radical (unpaired) electrons. The Balaban J connectivity index is 1.70. The van der Waals surface area contributed by atoms with Gasteiger partial charge >= 0.3 is 0 Å². The molecule has 12 heavy (non-hydrogen) atoms. The molecule has 2 N–H and O–H groups in total. The maximum Gasteiger partial charge on any atom is 0.0636 e. The smallest absolute Gasteiger partial charge is 0.0636 e. The summed E-state index contributed by atoms with van der Waals surface area (Å²) in [6, 6.07) is 0. The average molecular weight is 173 g/mol. The zero-order valence-corrected chi connectivity index (χ0v) is 7.75. The summed E-state index contributed by atoms with van der Waals surface area (Å²) in [7, 11) is 0. The molecule has 0 aromatic heterocycles. The van der Waals surface area contributed by atoms with Crippen LogP contribution >= 0.6 is 0 Å². The molecule has 1 aliphatic rings. The van der Waals surface area contributed by atoms with Crippen LogP contribution in [0.2, 0.25) is 0 Å². The van der Waals surface area contributed by atoms with Crippen LogP contribution in [0.25, 0.3) is 0 Å². The van der Waals surface area contributed by atoms with Crippen LogP contribution in [0, 0.1) is 5.92 Å². The Morgan fingerprint density at radius 3 is 2.92 bits per heavy atom. The van der Waals surface area contributed by atoms with Crippen LogP contribution < -0.4 is 5.32 Å². The fourth-order valence-corrected chi connectivity index (χ4v) is 0.990. The molecule has 3 nitrogen and oxygen atoms in total. The van der Waals surface area contributed by atoms with Crippen molar-refractivity contribution in [2.45, 2.75) is 25.9 Å². The molecule has 0 heterocycles. The Bertz CT molecular complexity index is 107. The van der Waals surface area contributed by atoms with Gasteiger partial charge in [0, 0.05) is 19.7 Å². The number of nitrogens with one attached hydrogen (secondary N) is 1. The summed E-state index contributed by atoms with van der Waals surface area (Å²) in [5.74, 6) is 0.849. The summed E-state index contributed by atoms with van der Waals surface area (Å²) in [5.41, 5.74) is 0. The molecule has 0 aromatic rings. The summed E-state index contributed by atoms with van der Waals surface area (Å²) >= 11 is 0. The van der Waals surface area contributed by atoms with Crippen molar-refractivity contribution < 1.29 is 9.84 Å². The van der Waals surface area contributed by atoms with Crippen molar-refractivity contribution >= 4 is 0 Å². The molecule has 0 saturated heterocycles. The molecule has 1 fully saturated rings. The van der Waals surface area contributed by atoms with Gasteiger partial charge in [0.05, 0.1) is 12.7 Å². The highest BCUT2D eigenvalue weighted by molar-refractivity contribution is 4.71. The minimum absolute atomic E-state index is 0.256. The molecule has 1 rings (SSSR count). The largest absolute Gasteiger partial charge is 0.392 e. The lowest BCUT2D eigenvalue weighted by Gasteiger charge is -2.06. The number of aliphatic hydroxyl groups is 1. The monoisotopic (exact) mass is 173 g/mol. The summed E-state index contributed by atoms with van der Waals surface area (Å²) in [4.78, 5) is 0. The molecule has 1 atom stereocenters. The quantitative estimate of drug-likeness (QED) is 0.547. The lowest BCUT2D eigenvalue weighted by Crippen LogP contribution is -2.27. The van der Waals surface area contributed by atoms with Crippen LogP contribution in [0.1, 0.15) is 19.8 Å². The van der Waals surface area contributed by atoms with Gasteiger partial charge in [-0.25, -0.2) is 0 Å². The first-order valence-electron chi connectivity index (χ1n) is 4.75. The van der Waals surface area contributed by atoms with E-state index in [0.717, 1.165) is 25.7 Å². The molecule has 72 valence electrons. The van der Waals surface area contributed by atoms with Crippen molar-refractivity contribution in [2.24, 2.45) is 5.92 Å². The second-order valence-corrected chi connectivity index (χ2v) is 3.57. The van der Waals surface area contributed by atoms with E-state index in [0.29, 0.717) is 6.54 Å². The topological polar surface area (TPSA) is 41.5 Å². The van der Waals surface area contributed by atoms with E-state index in [9.17, 15) is 0 Å². The van der Waals surface area contributed by atoms with Crippen LogP contribution in [0.3, 0.4) is 0 Å². The molecule has 1 saturated carbocycles. The maximum atomic E-state index is 8.90. The Labute approximate surface area is 74.1 Å². The highest BCUT2D eigenvalue weighted by Crippen LogP contribution is 2.28. The SMILES string of the molecule is C[C@@H](O)CNCCOCC1CC1. The van der Waals surface area contributed by atoms with E-state index in [2.05, 4.69) is 5.32 Å². The predicted molar refractivity (Wildman–Crippen MR) is 48.1 cm³/mol. The van der Waals surface area contributed by atoms with Crippen LogP contribution in [-0.2, 0) is 4.74 Å². The summed E-state index contributed by atoms with van der Waals surface area (Å²) in [5, 5.41) is 12.0. The van der Waals surface area contributed by atoms with Crippen LogP contribution in [0.15, 0.2) is 0 Å². The van der Waals surface area contributed by atoms with Gasteiger partial charge in [0.2, 0.25) is 0 Å². The number of rotatable bonds is 7. The van der Waals surface area contributed by atoms with E-state index in [1.165, 1.54) is 12.8 Å². The molecule has 0 aliphatic heterocycles. The first kappa shape index (κ1) is 9.96. The molecule has 0 amide bonds. The first-order chi connectivity index (χ1) is 5.79. The van der Waals surface area contributed by atoms with Gasteiger partial charge in [-0.05, 0) is 25.7 Å². The fraction of sp³-hybridized carbons (Fsp3) is 1.00. The van der Waals surface area contributed by atoms with Gasteiger partial charge in [0.15, 0.2) is 0 Å². The molecule has 0 aromatic carbocycles. The van der Waals surface area contributed by atoms with Gasteiger partial charge in [-0.2, -0.15) is 0 Å². The Morgan fingerprint density at radius 1 is 1.58 bits per heavy atom. The maximum absolute atomic E-state index is 8.90. The summed E-state index contributed by atoms with van der Waals surface area (Å²) < 4.78 is 5.40. The molecule has 1 aliphatic carbocycles. The van der Waals surface area contributed by atoms with Gasteiger partial charge < -0.3 is 15.2 Å². The third kappa shape index (κ3) is 5.52. The fourth-order valence-electron chi connectivity index (χ4n) is 0.990. The number of ether oxygens (including phenoxy) is 1. The minimum Gasteiger partial charge on any atom is -0.392 e. The van der Waals surface area contributed by atoms with Crippen molar-refractivity contribution in [2.75, 3.05) is 26.3 Å². The Morgan fingerprint density at radius 2 is 2.33 bits per heavy atom. The van der Waals surface area contributed by atoms with Gasteiger partial charge in [-0.15, -0.1) is 0 Å². The molecule has 0 unspecified atom stereocenters. The molecule has 0 spiro atoms. The van der Waals surface area contributed by atoms with Gasteiger partial charge in [-0.3, -0.25) is 0 Å². The zero-order chi connectivity index (χ0) is 8.81. The van der Waals surface area contributed by atoms with E-state index in [4.69, 9.17) is 9.84 Å². The summed E-state index contributed by atoms with van der Waals surface area (Å²) in [6.45, 7) is 4.97. The average Bonchev–Trinajstić information content (AvgIpc) is 2.79. The van der Waals surface area contributed by atoms with E-state index in [1.54, 1.807) is 6.92 Å². The molecule has 3 heteroatoms. The zero-order valence-electron chi connectivity index (χ0n) is 7.75. The van der Waals surface area contributed by atoms with Crippen LogP contribution in [-0.4, -0.2) is 37.5 Å². The number of hydrogen-bond donors (Lipinski definition) is 2. The van der Waals surface area contributed by atoms with Crippen molar-refractivity contribution in [3.63, 3.8) is 0 Å². The Hall–Kier alpha value is -0.120. The lowest BCUT2D eigenvalue weighted by molar-refractivity contribution is 0.121. The van der Waals surface area contributed by atoms with Crippen molar-refractivity contribution in [3.8, 4) is 0 Å². The summed E-state index contributed by atoms with van der Waals surface area (Å²) in [6.07, 6.45) is 2.44. The van der Waals surface area contributed by atoms with E-state index < -0.39 is 0 Å². The highest BCUT2D eigenvalue weighted by atomic mass is 16.5. The highest BCUT2D eigenvalue weighted by Gasteiger charge is 2.20. The van der Waals surface area contributed by atoms with Crippen molar-refractivity contribution in [1.82, 2.24) is 5.32 Å². The molecular weight excluding hydrogens is 154 g/mol. The standard InChI is InChI=1S/C9H19NO2/c1-8(11)6-10-4-5-12-7-9-2-3-9/h8-11H,2-7H2,1H3/t8-/m1/s1. The second-order valence-electron chi connectivity index (χ2n) is 3.57. The first-order valence-corrected chi connectivity index (χ1v) is 4.75. The van der Waals surface area contributed by atoms with Crippen LogP contribution in [0.4, 0.5) is 0 Å². The van der Waals surface area contributed by atoms with Gasteiger partial charge in [0.1, 0.15) is 0 Å². The lowest BCUT2D eigenvalue weighted by atomic mass is 10.4. The van der Waals surface area contributed by atoms with Gasteiger partial charge in [-0.1, -0.05) is 0 Å². The second kappa shape index (κ2) is 5.51. The Kier molecular flexibility index (Phi) is 4.58. The van der Waals surface area contributed by atoms with E-state index >= 15 is 0 Å². The van der Waals surface area contributed by atoms with Crippen molar-refractivity contribution in [3.05, 3.63) is 0 Å². The number of aliphatic hydroxyl groups excluding tert-OH is 1. The normalized spacial score (nSPS) is 19.5. The minimum atomic E-state index is -0.256. The number of hydrogen-bond acceptors (Lipinski definition) is 3. The van der Waals surface area contributed by atoms with Gasteiger partial charge in [0.25, 0.3) is 0 Å². The predicted octanol–water partition coefficient (Wildman–Crippen LogP) is 0.383. The third-order valence-electron chi connectivity index (χ3n) is 1.91. The van der Waals surface area contributed by atoms with E-state index in [1.807, 2.05) is 0 Å². The van der Waals surface area contributed by atoms with Crippen molar-refractivity contribution in [1.29, 1.82) is 0 Å². The molecular formula is C9H19NO2.